The number of thiophene rings is 1. The number of nitrogens with zero attached hydrogens (tertiary/aromatic N) is 2. The van der Waals surface area contributed by atoms with Gasteiger partial charge in [-0.3, -0.25) is 9.80 Å². The van der Waals surface area contributed by atoms with Gasteiger partial charge in [0.15, 0.2) is 0 Å². The quantitative estimate of drug-likeness (QED) is 0.766. The summed E-state index contributed by atoms with van der Waals surface area (Å²) >= 11 is 1.63. The summed E-state index contributed by atoms with van der Waals surface area (Å²) < 4.78 is 0. The summed E-state index contributed by atoms with van der Waals surface area (Å²) in [6, 6.07) is 4.02. The maximum Gasteiger partial charge on any atom is 0.328 e. The van der Waals surface area contributed by atoms with Crippen molar-refractivity contribution in [2.24, 2.45) is 0 Å². The predicted molar refractivity (Wildman–Crippen MR) is 79.8 cm³/mol. The molecule has 1 aliphatic heterocycles. The van der Waals surface area contributed by atoms with E-state index in [4.69, 9.17) is 10.2 Å². The Kier molecular flexibility index (Phi) is 5.72. The van der Waals surface area contributed by atoms with Gasteiger partial charge in [0.25, 0.3) is 0 Å². The summed E-state index contributed by atoms with van der Waals surface area (Å²) in [5, 5.41) is 17.5. The zero-order valence-corrected chi connectivity index (χ0v) is 12.2. The smallest absolute Gasteiger partial charge is 0.328 e. The molecule has 2 N–H and O–H groups in total. The highest BCUT2D eigenvalue weighted by Gasteiger charge is 2.16. The first kappa shape index (κ1) is 15.2. The Balaban J connectivity index is 1.81. The number of carboxylic acid groups (broad SMARTS) is 1. The van der Waals surface area contributed by atoms with E-state index in [0.29, 0.717) is 0 Å². The predicted octanol–water partition coefficient (Wildman–Crippen LogP) is 0.956. The normalized spacial score (nSPS) is 17.9. The summed E-state index contributed by atoms with van der Waals surface area (Å²) in [6.45, 7) is 5.92. The Morgan fingerprint density at radius 1 is 1.25 bits per heavy atom. The average molecular weight is 296 g/mol. The van der Waals surface area contributed by atoms with Crippen LogP contribution in [0.4, 0.5) is 0 Å². The Bertz CT molecular complexity index is 465. The van der Waals surface area contributed by atoms with Crippen molar-refractivity contribution in [3.8, 4) is 0 Å². The number of carboxylic acids is 1. The van der Waals surface area contributed by atoms with Crippen molar-refractivity contribution in [3.05, 3.63) is 28.0 Å². The van der Waals surface area contributed by atoms with E-state index in [0.717, 1.165) is 44.1 Å². The number of aliphatic carboxylic acids is 1. The molecule has 1 aliphatic rings. The molecule has 2 rings (SSSR count). The highest BCUT2D eigenvalue weighted by Crippen LogP contribution is 2.20. The third kappa shape index (κ3) is 4.72. The summed E-state index contributed by atoms with van der Waals surface area (Å²) in [5.41, 5.74) is 0. The fraction of sp³-hybridized carbons (Fsp3) is 0.500. The van der Waals surface area contributed by atoms with E-state index in [1.165, 1.54) is 11.0 Å². The molecule has 0 radical (unpaired) electrons. The number of aliphatic hydroxyl groups excluding tert-OH is 1. The first-order valence-electron chi connectivity index (χ1n) is 6.72. The molecule has 2 heterocycles. The fourth-order valence-electron chi connectivity index (χ4n) is 2.26. The van der Waals surface area contributed by atoms with E-state index in [1.54, 1.807) is 17.4 Å². The number of piperazine rings is 1. The van der Waals surface area contributed by atoms with Crippen LogP contribution in [0.5, 0.6) is 0 Å². The topological polar surface area (TPSA) is 64.0 Å². The Labute approximate surface area is 122 Å². The molecule has 1 aromatic heterocycles. The molecule has 20 heavy (non-hydrogen) atoms. The van der Waals surface area contributed by atoms with Gasteiger partial charge in [-0.2, -0.15) is 0 Å². The summed E-state index contributed by atoms with van der Waals surface area (Å²) in [4.78, 5) is 17.4. The Morgan fingerprint density at radius 2 is 1.95 bits per heavy atom. The molecule has 0 saturated carbocycles. The molecule has 0 atom stereocenters. The van der Waals surface area contributed by atoms with Gasteiger partial charge in [0.2, 0.25) is 0 Å². The average Bonchev–Trinajstić information content (AvgIpc) is 2.87. The van der Waals surface area contributed by atoms with Gasteiger partial charge < -0.3 is 10.2 Å². The summed E-state index contributed by atoms with van der Waals surface area (Å²) in [6.07, 6.45) is 2.80. The van der Waals surface area contributed by atoms with Crippen molar-refractivity contribution in [1.29, 1.82) is 0 Å². The van der Waals surface area contributed by atoms with Crippen LogP contribution in [0.3, 0.4) is 0 Å². The monoisotopic (exact) mass is 296 g/mol. The standard InChI is InChI=1S/C14H20N2O3S/c17-10-9-15-5-7-16(8-6-15)11-13-2-1-12(20-13)3-4-14(18)19/h1-4,17H,5-11H2,(H,18,19). The second-order valence-electron chi connectivity index (χ2n) is 4.82. The molecular weight excluding hydrogens is 276 g/mol. The zero-order chi connectivity index (χ0) is 14.4. The van der Waals surface area contributed by atoms with E-state index >= 15 is 0 Å². The Morgan fingerprint density at radius 3 is 2.60 bits per heavy atom. The van der Waals surface area contributed by atoms with Crippen molar-refractivity contribution >= 4 is 23.4 Å². The van der Waals surface area contributed by atoms with E-state index < -0.39 is 5.97 Å². The molecule has 1 aromatic rings. The molecule has 0 aliphatic carbocycles. The maximum absolute atomic E-state index is 10.5. The van der Waals surface area contributed by atoms with Gasteiger partial charge in [-0.1, -0.05) is 0 Å². The van der Waals surface area contributed by atoms with Gasteiger partial charge in [-0.05, 0) is 18.2 Å². The van der Waals surface area contributed by atoms with Gasteiger partial charge in [0, 0.05) is 55.1 Å². The molecule has 1 saturated heterocycles. The lowest BCUT2D eigenvalue weighted by molar-refractivity contribution is -0.131. The van der Waals surface area contributed by atoms with Crippen LogP contribution < -0.4 is 0 Å². The lowest BCUT2D eigenvalue weighted by Crippen LogP contribution is -2.46. The third-order valence-electron chi connectivity index (χ3n) is 3.33. The van der Waals surface area contributed by atoms with Gasteiger partial charge in [-0.15, -0.1) is 11.3 Å². The fourth-order valence-corrected chi connectivity index (χ4v) is 3.21. The SMILES string of the molecule is O=C(O)C=Cc1ccc(CN2CCN(CCO)CC2)s1. The van der Waals surface area contributed by atoms with Gasteiger partial charge >= 0.3 is 5.97 Å². The molecule has 0 unspecified atom stereocenters. The molecule has 0 bridgehead atoms. The first-order chi connectivity index (χ1) is 9.67. The maximum atomic E-state index is 10.5. The van der Waals surface area contributed by atoms with Crippen LogP contribution in [0.15, 0.2) is 18.2 Å². The number of hydrogen-bond acceptors (Lipinski definition) is 5. The van der Waals surface area contributed by atoms with Crippen LogP contribution >= 0.6 is 11.3 Å². The van der Waals surface area contributed by atoms with Crippen LogP contribution in [0.25, 0.3) is 6.08 Å². The second kappa shape index (κ2) is 7.54. The van der Waals surface area contributed by atoms with Crippen LogP contribution in [0.2, 0.25) is 0 Å². The summed E-state index contributed by atoms with van der Waals surface area (Å²) in [7, 11) is 0. The highest BCUT2D eigenvalue weighted by molar-refractivity contribution is 7.12. The largest absolute Gasteiger partial charge is 0.478 e. The third-order valence-corrected chi connectivity index (χ3v) is 4.37. The van der Waals surface area contributed by atoms with E-state index in [1.807, 2.05) is 6.07 Å². The summed E-state index contributed by atoms with van der Waals surface area (Å²) in [5.74, 6) is -0.917. The molecule has 0 amide bonds. The van der Waals surface area contributed by atoms with Crippen molar-refractivity contribution in [2.45, 2.75) is 6.54 Å². The van der Waals surface area contributed by atoms with Crippen molar-refractivity contribution < 1.29 is 15.0 Å². The number of hydrogen-bond donors (Lipinski definition) is 2. The highest BCUT2D eigenvalue weighted by atomic mass is 32.1. The number of β-amino-alcohol motifs (C(OH)–C–C–N with tert-alkyl or cyclic N) is 1. The van der Waals surface area contributed by atoms with Crippen LogP contribution in [0, 0.1) is 0 Å². The molecule has 0 aromatic carbocycles. The number of rotatable bonds is 6. The van der Waals surface area contributed by atoms with Crippen molar-refractivity contribution in [2.75, 3.05) is 39.3 Å². The molecule has 110 valence electrons. The molecule has 0 spiro atoms. The zero-order valence-electron chi connectivity index (χ0n) is 11.4. The van der Waals surface area contributed by atoms with Crippen LogP contribution in [-0.4, -0.2) is 65.3 Å². The van der Waals surface area contributed by atoms with Gasteiger partial charge in [0.05, 0.1) is 6.61 Å². The minimum Gasteiger partial charge on any atom is -0.478 e. The van der Waals surface area contributed by atoms with Crippen molar-refractivity contribution in [1.82, 2.24) is 9.80 Å². The molecule has 6 heteroatoms. The minimum atomic E-state index is -0.917. The molecular formula is C14H20N2O3S. The van der Waals surface area contributed by atoms with Crippen molar-refractivity contribution in [3.63, 3.8) is 0 Å². The molecule has 1 fully saturated rings. The van der Waals surface area contributed by atoms with Crippen LogP contribution in [0.1, 0.15) is 9.75 Å². The first-order valence-corrected chi connectivity index (χ1v) is 7.54. The lowest BCUT2D eigenvalue weighted by Gasteiger charge is -2.34. The van der Waals surface area contributed by atoms with Gasteiger partial charge in [-0.25, -0.2) is 4.79 Å². The molecule has 5 nitrogen and oxygen atoms in total. The van der Waals surface area contributed by atoms with E-state index in [2.05, 4.69) is 15.9 Å². The second-order valence-corrected chi connectivity index (χ2v) is 6.02. The van der Waals surface area contributed by atoms with Crippen LogP contribution in [-0.2, 0) is 11.3 Å². The number of carbonyl (C=O) groups is 1. The van der Waals surface area contributed by atoms with E-state index in [-0.39, 0.29) is 6.61 Å². The number of aliphatic hydroxyl groups is 1. The Hall–Kier alpha value is -1.21. The van der Waals surface area contributed by atoms with E-state index in [9.17, 15) is 4.79 Å². The minimum absolute atomic E-state index is 0.226. The van der Waals surface area contributed by atoms with Gasteiger partial charge in [0.1, 0.15) is 0 Å². The lowest BCUT2D eigenvalue weighted by atomic mass is 10.3.